The van der Waals surface area contributed by atoms with Crippen molar-refractivity contribution in [3.05, 3.63) is 15.9 Å². The van der Waals surface area contributed by atoms with Gasteiger partial charge in [-0.05, 0) is 61.2 Å². The molecule has 0 radical (unpaired) electrons. The first-order chi connectivity index (χ1) is 8.11. The average Bonchev–Trinajstić information content (AvgIpc) is 2.57. The molecule has 104 valence electrons. The maximum Gasteiger partial charge on any atom is 0.0739 e. The number of aryl methyl sites for hydroxylation is 2. The number of rotatable bonds is 3. The van der Waals surface area contributed by atoms with Crippen molar-refractivity contribution in [1.82, 2.24) is 14.7 Å². The number of hydrogen-bond acceptors (Lipinski definition) is 3. The van der Waals surface area contributed by atoms with Crippen molar-refractivity contribution in [3.63, 3.8) is 0 Å². The van der Waals surface area contributed by atoms with Gasteiger partial charge in [0, 0.05) is 13.6 Å². The number of piperidine rings is 1. The van der Waals surface area contributed by atoms with Crippen LogP contribution in [0.5, 0.6) is 0 Å². The summed E-state index contributed by atoms with van der Waals surface area (Å²) in [7, 11) is 2.01. The van der Waals surface area contributed by atoms with Crippen molar-refractivity contribution in [1.29, 1.82) is 0 Å². The van der Waals surface area contributed by atoms with E-state index in [-0.39, 0.29) is 12.4 Å². The highest BCUT2D eigenvalue weighted by Gasteiger charge is 2.20. The summed E-state index contributed by atoms with van der Waals surface area (Å²) in [4.78, 5) is 2.49. The third kappa shape index (κ3) is 3.47. The van der Waals surface area contributed by atoms with Crippen LogP contribution in [-0.2, 0) is 13.6 Å². The maximum atomic E-state index is 5.71. The van der Waals surface area contributed by atoms with E-state index in [1.807, 2.05) is 18.7 Å². The first kappa shape index (κ1) is 16.0. The summed E-state index contributed by atoms with van der Waals surface area (Å²) < 4.78 is 3.13. The molecule has 1 aromatic rings. The number of nitrogens with zero attached hydrogens (tertiary/aromatic N) is 3. The summed E-state index contributed by atoms with van der Waals surface area (Å²) in [5.74, 6) is 0.725. The molecule has 2 rings (SSSR count). The highest BCUT2D eigenvalue weighted by Crippen LogP contribution is 2.24. The molecule has 0 aromatic carbocycles. The van der Waals surface area contributed by atoms with Gasteiger partial charge in [0.05, 0.1) is 15.9 Å². The van der Waals surface area contributed by atoms with Gasteiger partial charge >= 0.3 is 0 Å². The second-order valence-corrected chi connectivity index (χ2v) is 5.72. The smallest absolute Gasteiger partial charge is 0.0739 e. The Morgan fingerprint density at radius 2 is 2.00 bits per heavy atom. The van der Waals surface area contributed by atoms with Crippen molar-refractivity contribution >= 4 is 28.3 Å². The van der Waals surface area contributed by atoms with E-state index in [1.165, 1.54) is 18.5 Å². The van der Waals surface area contributed by atoms with E-state index >= 15 is 0 Å². The van der Waals surface area contributed by atoms with Crippen molar-refractivity contribution in [2.24, 2.45) is 18.7 Å². The molecule has 0 spiro atoms. The summed E-state index contributed by atoms with van der Waals surface area (Å²) in [5, 5.41) is 4.43. The molecular formula is C12H22BrClN4. The van der Waals surface area contributed by atoms with E-state index in [0.29, 0.717) is 0 Å². The van der Waals surface area contributed by atoms with Crippen LogP contribution in [0.15, 0.2) is 4.47 Å². The molecule has 1 saturated heterocycles. The monoisotopic (exact) mass is 336 g/mol. The van der Waals surface area contributed by atoms with Crippen LogP contribution in [0.3, 0.4) is 0 Å². The zero-order valence-corrected chi connectivity index (χ0v) is 13.4. The predicted octanol–water partition coefficient (Wildman–Crippen LogP) is 2.08. The lowest BCUT2D eigenvalue weighted by Gasteiger charge is -2.31. The van der Waals surface area contributed by atoms with Crippen LogP contribution in [0.2, 0.25) is 0 Å². The average molecular weight is 338 g/mol. The lowest BCUT2D eigenvalue weighted by atomic mass is 9.97. The van der Waals surface area contributed by atoms with Gasteiger partial charge in [0.15, 0.2) is 0 Å². The van der Waals surface area contributed by atoms with Crippen LogP contribution < -0.4 is 5.73 Å². The number of likely N-dealkylation sites (tertiary alicyclic amines) is 1. The standard InChI is InChI=1S/C12H21BrN4.ClH/c1-9-12(13)11(16(2)15-9)8-17-5-3-10(7-14)4-6-17;/h10H,3-8,14H2,1-2H3;1H. The Balaban J connectivity index is 0.00000162. The first-order valence-electron chi connectivity index (χ1n) is 6.22. The van der Waals surface area contributed by atoms with Crippen molar-refractivity contribution in [2.45, 2.75) is 26.3 Å². The lowest BCUT2D eigenvalue weighted by Crippen LogP contribution is -2.36. The van der Waals surface area contributed by atoms with Gasteiger partial charge in [-0.25, -0.2) is 0 Å². The van der Waals surface area contributed by atoms with Crippen LogP contribution >= 0.6 is 28.3 Å². The second-order valence-electron chi connectivity index (χ2n) is 4.92. The van der Waals surface area contributed by atoms with Gasteiger partial charge in [0.1, 0.15) is 0 Å². The summed E-state index contributed by atoms with van der Waals surface area (Å²) >= 11 is 3.62. The van der Waals surface area contributed by atoms with Crippen LogP contribution in [0.25, 0.3) is 0 Å². The quantitative estimate of drug-likeness (QED) is 0.918. The first-order valence-corrected chi connectivity index (χ1v) is 7.01. The van der Waals surface area contributed by atoms with Gasteiger partial charge < -0.3 is 5.73 Å². The van der Waals surface area contributed by atoms with E-state index in [1.54, 1.807) is 0 Å². The summed E-state index contributed by atoms with van der Waals surface area (Å²) in [5.41, 5.74) is 8.05. The van der Waals surface area contributed by atoms with Crippen molar-refractivity contribution in [2.75, 3.05) is 19.6 Å². The molecule has 1 aromatic heterocycles. The normalized spacial score (nSPS) is 17.8. The topological polar surface area (TPSA) is 47.1 Å². The Morgan fingerprint density at radius 1 is 1.39 bits per heavy atom. The highest BCUT2D eigenvalue weighted by atomic mass is 79.9. The Hall–Kier alpha value is -0.100. The highest BCUT2D eigenvalue weighted by molar-refractivity contribution is 9.10. The van der Waals surface area contributed by atoms with Gasteiger partial charge in [-0.15, -0.1) is 12.4 Å². The zero-order valence-electron chi connectivity index (χ0n) is 11.0. The lowest BCUT2D eigenvalue weighted by molar-refractivity contribution is 0.176. The Kier molecular flexibility index (Phi) is 6.11. The molecule has 0 aliphatic carbocycles. The third-order valence-corrected chi connectivity index (χ3v) is 4.71. The summed E-state index contributed by atoms with van der Waals surface area (Å²) in [6, 6.07) is 0. The van der Waals surface area contributed by atoms with E-state index in [0.717, 1.165) is 42.3 Å². The molecule has 1 aliphatic heterocycles. The molecule has 2 heterocycles. The number of nitrogens with two attached hydrogens (primary N) is 1. The summed E-state index contributed by atoms with van der Waals surface area (Å²) in [6.07, 6.45) is 2.45. The van der Waals surface area contributed by atoms with Gasteiger partial charge in [-0.1, -0.05) is 0 Å². The molecule has 1 aliphatic rings. The molecule has 18 heavy (non-hydrogen) atoms. The SMILES string of the molecule is Cc1nn(C)c(CN2CCC(CN)CC2)c1Br.Cl. The molecule has 0 amide bonds. The Morgan fingerprint density at radius 3 is 2.44 bits per heavy atom. The molecule has 2 N–H and O–H groups in total. The largest absolute Gasteiger partial charge is 0.330 e. The minimum atomic E-state index is 0. The van der Waals surface area contributed by atoms with Gasteiger partial charge in [-0.2, -0.15) is 5.10 Å². The van der Waals surface area contributed by atoms with Crippen LogP contribution in [-0.4, -0.2) is 34.3 Å². The fourth-order valence-corrected chi connectivity index (χ4v) is 2.91. The van der Waals surface area contributed by atoms with Crippen molar-refractivity contribution < 1.29 is 0 Å². The molecule has 0 saturated carbocycles. The van der Waals surface area contributed by atoms with Crippen LogP contribution in [0, 0.1) is 12.8 Å². The molecule has 0 bridgehead atoms. The van der Waals surface area contributed by atoms with Crippen molar-refractivity contribution in [3.8, 4) is 0 Å². The second kappa shape index (κ2) is 6.89. The molecule has 1 fully saturated rings. The third-order valence-electron chi connectivity index (χ3n) is 3.68. The predicted molar refractivity (Wildman–Crippen MR) is 79.9 cm³/mol. The van der Waals surface area contributed by atoms with Gasteiger partial charge in [0.25, 0.3) is 0 Å². The minimum Gasteiger partial charge on any atom is -0.330 e. The molecule has 4 nitrogen and oxygen atoms in total. The van der Waals surface area contributed by atoms with Crippen LogP contribution in [0.4, 0.5) is 0 Å². The van der Waals surface area contributed by atoms with E-state index < -0.39 is 0 Å². The Bertz CT molecular complexity index is 386. The van der Waals surface area contributed by atoms with Crippen LogP contribution in [0.1, 0.15) is 24.2 Å². The summed E-state index contributed by atoms with van der Waals surface area (Å²) in [6.45, 7) is 6.16. The van der Waals surface area contributed by atoms with Gasteiger partial charge in [-0.3, -0.25) is 9.58 Å². The molecule has 6 heteroatoms. The molecule has 0 atom stereocenters. The Labute approximate surface area is 123 Å². The number of aromatic nitrogens is 2. The number of hydrogen-bond donors (Lipinski definition) is 1. The van der Waals surface area contributed by atoms with Gasteiger partial charge in [0.2, 0.25) is 0 Å². The fraction of sp³-hybridized carbons (Fsp3) is 0.750. The number of halogens is 2. The van der Waals surface area contributed by atoms with E-state index in [9.17, 15) is 0 Å². The zero-order chi connectivity index (χ0) is 12.4. The van der Waals surface area contributed by atoms with E-state index in [4.69, 9.17) is 5.73 Å². The molecular weight excluding hydrogens is 316 g/mol. The fourth-order valence-electron chi connectivity index (χ4n) is 2.44. The minimum absolute atomic E-state index is 0. The maximum absolute atomic E-state index is 5.71. The molecule has 0 unspecified atom stereocenters. The van der Waals surface area contributed by atoms with E-state index in [2.05, 4.69) is 25.9 Å².